The van der Waals surface area contributed by atoms with Crippen molar-refractivity contribution in [3.05, 3.63) is 206 Å². The zero-order valence-corrected chi connectivity index (χ0v) is 31.2. The van der Waals surface area contributed by atoms with Gasteiger partial charge in [0.1, 0.15) is 17.7 Å². The van der Waals surface area contributed by atoms with Crippen LogP contribution in [0.3, 0.4) is 0 Å². The first-order valence-electron chi connectivity index (χ1n) is 19.0. The van der Waals surface area contributed by atoms with E-state index < -0.39 is 0 Å². The molecule has 0 aliphatic rings. The summed E-state index contributed by atoms with van der Waals surface area (Å²) in [7, 11) is 0. The number of aromatic nitrogens is 2. The van der Waals surface area contributed by atoms with Gasteiger partial charge < -0.3 is 0 Å². The van der Waals surface area contributed by atoms with Crippen LogP contribution in [0.2, 0.25) is 0 Å². The molecule has 8 aromatic carbocycles. The zero-order chi connectivity index (χ0) is 38.3. The largest absolute Gasteiger partial charge is 0.294 e. The van der Waals surface area contributed by atoms with Crippen molar-refractivity contribution < 1.29 is 0 Å². The van der Waals surface area contributed by atoms with Crippen molar-refractivity contribution in [3.8, 4) is 28.3 Å². The average Bonchev–Trinajstić information content (AvgIpc) is 3.28. The summed E-state index contributed by atoms with van der Waals surface area (Å²) in [4.78, 5) is 14.1. The molecule has 0 atom stereocenters. The number of benzene rings is 8. The predicted molar refractivity (Wildman–Crippen MR) is 235 cm³/mol. The van der Waals surface area contributed by atoms with Crippen LogP contribution in [0.5, 0.6) is 0 Å². The molecule has 2 aromatic heterocycles. The van der Waals surface area contributed by atoms with Gasteiger partial charge in [-0.15, -0.1) is 0 Å². The first-order chi connectivity index (χ1) is 28.2. The SMILES string of the molecule is Cc1cc(-c2ccccc2)ccc1N(c1ccccn1)c1ccc2ccc3c(N(c4ccccn4)c4ccc(-c5ccccc5)cc4C#N)ccc4ccc1c2c43. The van der Waals surface area contributed by atoms with Crippen LogP contribution in [0.1, 0.15) is 11.1 Å². The lowest BCUT2D eigenvalue weighted by molar-refractivity contribution is 1.17. The lowest BCUT2D eigenvalue weighted by Gasteiger charge is -2.29. The van der Waals surface area contributed by atoms with Crippen molar-refractivity contribution in [2.24, 2.45) is 0 Å². The summed E-state index contributed by atoms with van der Waals surface area (Å²) in [6.45, 7) is 2.17. The molecule has 2 heterocycles. The molecule has 57 heavy (non-hydrogen) atoms. The van der Waals surface area contributed by atoms with Crippen molar-refractivity contribution in [1.29, 1.82) is 5.26 Å². The second kappa shape index (κ2) is 14.1. The van der Waals surface area contributed by atoms with Gasteiger partial charge in [0.2, 0.25) is 0 Å². The Hall–Kier alpha value is -7.81. The van der Waals surface area contributed by atoms with Gasteiger partial charge in [0.05, 0.1) is 28.3 Å². The summed E-state index contributed by atoms with van der Waals surface area (Å²) < 4.78 is 0. The minimum atomic E-state index is 0.564. The lowest BCUT2D eigenvalue weighted by atomic mass is 9.91. The third-order valence-electron chi connectivity index (χ3n) is 10.9. The number of nitrogens with zero attached hydrogens (tertiary/aromatic N) is 5. The number of hydrogen-bond donors (Lipinski definition) is 0. The molecule has 0 aliphatic carbocycles. The highest BCUT2D eigenvalue weighted by Gasteiger charge is 2.24. The Morgan fingerprint density at radius 1 is 0.421 bits per heavy atom. The van der Waals surface area contributed by atoms with Gasteiger partial charge in [-0.25, -0.2) is 9.97 Å². The molecule has 268 valence electrons. The number of rotatable bonds is 8. The predicted octanol–water partition coefficient (Wildman–Crippen LogP) is 13.8. The Kier molecular flexibility index (Phi) is 8.35. The standard InChI is InChI=1S/C52H35N5/c1-35-32-40(36-12-4-2-5-13-36)22-26-45(35)56(49-16-8-10-30-54-49)47-28-20-38-19-25-44-48(29-21-39-18-24-43(47)51(38)52(39)44)57(50-17-9-11-31-55-50)46-27-23-41(33-42(46)34-53)37-14-6-3-7-15-37/h2-33H,1H3. The third kappa shape index (κ3) is 5.88. The van der Waals surface area contributed by atoms with Crippen LogP contribution in [0.4, 0.5) is 34.4 Å². The van der Waals surface area contributed by atoms with Gasteiger partial charge in [0.25, 0.3) is 0 Å². The van der Waals surface area contributed by atoms with Crippen LogP contribution in [0.25, 0.3) is 54.6 Å². The van der Waals surface area contributed by atoms with E-state index in [0.717, 1.165) is 78.0 Å². The molecule has 0 amide bonds. The van der Waals surface area contributed by atoms with Gasteiger partial charge in [-0.2, -0.15) is 5.26 Å². The van der Waals surface area contributed by atoms with Crippen molar-refractivity contribution >= 4 is 66.7 Å². The van der Waals surface area contributed by atoms with Crippen LogP contribution in [0, 0.1) is 18.3 Å². The van der Waals surface area contributed by atoms with E-state index in [1.54, 1.807) is 6.20 Å². The average molecular weight is 730 g/mol. The van der Waals surface area contributed by atoms with Crippen LogP contribution in [-0.2, 0) is 0 Å². The molecular weight excluding hydrogens is 695 g/mol. The molecule has 0 unspecified atom stereocenters. The van der Waals surface area contributed by atoms with Gasteiger partial charge in [-0.1, -0.05) is 121 Å². The molecule has 0 saturated carbocycles. The maximum Gasteiger partial charge on any atom is 0.137 e. The highest BCUT2D eigenvalue weighted by Crippen LogP contribution is 2.48. The molecule has 0 radical (unpaired) electrons. The maximum atomic E-state index is 10.6. The van der Waals surface area contributed by atoms with E-state index in [2.05, 4.69) is 138 Å². The molecule has 0 saturated heterocycles. The van der Waals surface area contributed by atoms with E-state index in [9.17, 15) is 5.26 Å². The molecule has 0 fully saturated rings. The Labute approximate surface area is 331 Å². The first kappa shape index (κ1) is 33.7. The maximum absolute atomic E-state index is 10.6. The van der Waals surface area contributed by atoms with Crippen LogP contribution in [-0.4, -0.2) is 9.97 Å². The molecule has 0 N–H and O–H groups in total. The highest BCUT2D eigenvalue weighted by molar-refractivity contribution is 6.28. The molecule has 0 bridgehead atoms. The first-order valence-corrected chi connectivity index (χ1v) is 19.0. The molecule has 10 rings (SSSR count). The molecule has 5 heteroatoms. The van der Waals surface area contributed by atoms with Crippen molar-refractivity contribution in [2.75, 3.05) is 9.80 Å². The topological polar surface area (TPSA) is 56.1 Å². The number of nitriles is 1. The molecule has 0 spiro atoms. The zero-order valence-electron chi connectivity index (χ0n) is 31.2. The van der Waals surface area contributed by atoms with Crippen LogP contribution >= 0.6 is 0 Å². The number of aryl methyl sites for hydroxylation is 1. The molecule has 0 aliphatic heterocycles. The van der Waals surface area contributed by atoms with Gasteiger partial charge in [0.15, 0.2) is 0 Å². The van der Waals surface area contributed by atoms with E-state index in [0.29, 0.717) is 5.56 Å². The van der Waals surface area contributed by atoms with Gasteiger partial charge in [0, 0.05) is 23.2 Å². The Balaban J connectivity index is 1.19. The Morgan fingerprint density at radius 3 is 1.37 bits per heavy atom. The van der Waals surface area contributed by atoms with Crippen molar-refractivity contribution in [3.63, 3.8) is 0 Å². The van der Waals surface area contributed by atoms with Crippen LogP contribution in [0.15, 0.2) is 194 Å². The van der Waals surface area contributed by atoms with Crippen molar-refractivity contribution in [2.45, 2.75) is 6.92 Å². The minimum Gasteiger partial charge on any atom is -0.294 e. The fraction of sp³-hybridized carbons (Fsp3) is 0.0192. The van der Waals surface area contributed by atoms with Gasteiger partial charge in [-0.05, 0) is 117 Å². The Bertz CT molecular complexity index is 3090. The summed E-state index contributed by atoms with van der Waals surface area (Å²) in [6, 6.07) is 65.6. The van der Waals surface area contributed by atoms with E-state index in [4.69, 9.17) is 9.97 Å². The number of anilines is 6. The smallest absolute Gasteiger partial charge is 0.137 e. The monoisotopic (exact) mass is 729 g/mol. The third-order valence-corrected chi connectivity index (χ3v) is 10.9. The van der Waals surface area contributed by atoms with Gasteiger partial charge in [-0.3, -0.25) is 9.80 Å². The summed E-state index contributed by atoms with van der Waals surface area (Å²) in [6.07, 6.45) is 3.65. The van der Waals surface area contributed by atoms with E-state index in [1.807, 2.05) is 72.9 Å². The summed E-state index contributed by atoms with van der Waals surface area (Å²) in [5.74, 6) is 1.57. The van der Waals surface area contributed by atoms with Gasteiger partial charge >= 0.3 is 0 Å². The highest BCUT2D eigenvalue weighted by atomic mass is 15.2. The van der Waals surface area contributed by atoms with E-state index in [-0.39, 0.29) is 0 Å². The second-order valence-electron chi connectivity index (χ2n) is 14.2. The quantitative estimate of drug-likeness (QED) is 0.146. The summed E-state index contributed by atoms with van der Waals surface area (Å²) in [5, 5.41) is 17.4. The normalized spacial score (nSPS) is 11.2. The lowest BCUT2D eigenvalue weighted by Crippen LogP contribution is -2.14. The minimum absolute atomic E-state index is 0.564. The number of pyridine rings is 2. The number of hydrogen-bond acceptors (Lipinski definition) is 5. The molecule has 5 nitrogen and oxygen atoms in total. The fourth-order valence-electron chi connectivity index (χ4n) is 8.23. The summed E-state index contributed by atoms with van der Waals surface area (Å²) in [5.41, 5.74) is 9.93. The summed E-state index contributed by atoms with van der Waals surface area (Å²) >= 11 is 0. The molecule has 10 aromatic rings. The van der Waals surface area contributed by atoms with E-state index >= 15 is 0 Å². The van der Waals surface area contributed by atoms with Crippen LogP contribution < -0.4 is 9.80 Å². The Morgan fingerprint density at radius 2 is 0.877 bits per heavy atom. The van der Waals surface area contributed by atoms with Crippen molar-refractivity contribution in [1.82, 2.24) is 9.97 Å². The molecular formula is C52H35N5. The second-order valence-corrected chi connectivity index (χ2v) is 14.2. The van der Waals surface area contributed by atoms with E-state index in [1.165, 1.54) is 16.5 Å². The fourth-order valence-corrected chi connectivity index (χ4v) is 8.23.